The number of nitrogens with zero attached hydrogens (tertiary/aromatic N) is 2. The highest BCUT2D eigenvalue weighted by molar-refractivity contribution is 7.12. The second-order valence-corrected chi connectivity index (χ2v) is 10.3. The molecule has 0 unspecified atom stereocenters. The molecule has 0 N–H and O–H groups in total. The summed E-state index contributed by atoms with van der Waals surface area (Å²) in [6.45, 7) is 1.83. The fraction of sp³-hybridized carbons (Fsp3) is 0.360. The summed E-state index contributed by atoms with van der Waals surface area (Å²) in [5.41, 5.74) is 1.17. The quantitative estimate of drug-likeness (QED) is 0.476. The minimum atomic E-state index is -0.141. The van der Waals surface area contributed by atoms with Crippen LogP contribution in [0.5, 0.6) is 5.75 Å². The van der Waals surface area contributed by atoms with Crippen molar-refractivity contribution in [1.82, 2.24) is 9.80 Å². The average molecular weight is 467 g/mol. The van der Waals surface area contributed by atoms with Crippen molar-refractivity contribution in [2.45, 2.75) is 25.3 Å². The average Bonchev–Trinajstić information content (AvgIpc) is 3.27. The van der Waals surface area contributed by atoms with Gasteiger partial charge in [0.25, 0.3) is 5.91 Å². The largest absolute Gasteiger partial charge is 0.491 e. The van der Waals surface area contributed by atoms with Gasteiger partial charge in [-0.05, 0) is 65.8 Å². The van der Waals surface area contributed by atoms with Gasteiger partial charge in [0.2, 0.25) is 5.91 Å². The van der Waals surface area contributed by atoms with Gasteiger partial charge >= 0.3 is 0 Å². The maximum absolute atomic E-state index is 13.5. The molecule has 5 rings (SSSR count). The van der Waals surface area contributed by atoms with Gasteiger partial charge < -0.3 is 14.5 Å². The lowest BCUT2D eigenvalue weighted by Gasteiger charge is -2.37. The van der Waals surface area contributed by atoms with E-state index in [4.69, 9.17) is 4.74 Å². The molecule has 2 aliphatic rings. The first kappa shape index (κ1) is 21.2. The Labute approximate surface area is 196 Å². The highest BCUT2D eigenvalue weighted by atomic mass is 32.1. The minimum absolute atomic E-state index is 0.00549. The summed E-state index contributed by atoms with van der Waals surface area (Å²) in [6.07, 6.45) is 3.12. The Kier molecular flexibility index (Phi) is 6.28. The van der Waals surface area contributed by atoms with Crippen molar-refractivity contribution < 1.29 is 14.3 Å². The van der Waals surface area contributed by atoms with Gasteiger partial charge in [0.15, 0.2) is 0 Å². The van der Waals surface area contributed by atoms with Crippen LogP contribution < -0.4 is 4.74 Å². The lowest BCUT2D eigenvalue weighted by atomic mass is 10.0. The lowest BCUT2D eigenvalue weighted by molar-refractivity contribution is -0.135. The Morgan fingerprint density at radius 2 is 1.88 bits per heavy atom. The molecule has 2 aromatic heterocycles. The van der Waals surface area contributed by atoms with Crippen molar-refractivity contribution in [3.8, 4) is 5.75 Å². The summed E-state index contributed by atoms with van der Waals surface area (Å²) >= 11 is 3.17. The third-order valence-corrected chi connectivity index (χ3v) is 7.94. The molecular formula is C25H26N2O3S2. The van der Waals surface area contributed by atoms with E-state index < -0.39 is 0 Å². The molecule has 1 aliphatic heterocycles. The fourth-order valence-electron chi connectivity index (χ4n) is 4.21. The highest BCUT2D eigenvalue weighted by Gasteiger charge is 2.35. The number of thiophene rings is 2. The van der Waals surface area contributed by atoms with E-state index in [1.807, 2.05) is 52.7 Å². The minimum Gasteiger partial charge on any atom is -0.491 e. The molecule has 3 heterocycles. The first-order chi connectivity index (χ1) is 15.7. The van der Waals surface area contributed by atoms with Crippen LogP contribution in [0.25, 0.3) is 0 Å². The molecule has 1 aromatic carbocycles. The molecule has 3 aromatic rings. The van der Waals surface area contributed by atoms with Gasteiger partial charge in [-0.2, -0.15) is 0 Å². The number of carbonyl (C=O) groups excluding carboxylic acids is 2. The molecule has 1 aliphatic carbocycles. The maximum Gasteiger partial charge on any atom is 0.264 e. The Balaban J connectivity index is 1.33. The molecule has 0 spiro atoms. The fourth-order valence-corrected chi connectivity index (χ4v) is 5.83. The van der Waals surface area contributed by atoms with E-state index in [9.17, 15) is 9.59 Å². The van der Waals surface area contributed by atoms with Crippen LogP contribution in [0.1, 0.15) is 39.0 Å². The molecular weight excluding hydrogens is 440 g/mol. The number of para-hydroxylation sites is 1. The van der Waals surface area contributed by atoms with Crippen LogP contribution in [-0.2, 0) is 11.2 Å². The molecule has 5 nitrogen and oxygen atoms in total. The van der Waals surface area contributed by atoms with E-state index in [2.05, 4.69) is 11.4 Å². The van der Waals surface area contributed by atoms with Crippen molar-refractivity contribution >= 4 is 34.5 Å². The van der Waals surface area contributed by atoms with E-state index in [0.29, 0.717) is 30.5 Å². The van der Waals surface area contributed by atoms with Crippen LogP contribution in [0, 0.1) is 5.92 Å². The third-order valence-electron chi connectivity index (χ3n) is 6.09. The summed E-state index contributed by atoms with van der Waals surface area (Å²) in [5, 5.41) is 4.00. The summed E-state index contributed by atoms with van der Waals surface area (Å²) in [4.78, 5) is 32.3. The number of benzene rings is 1. The zero-order chi connectivity index (χ0) is 21.9. The van der Waals surface area contributed by atoms with Gasteiger partial charge in [0.05, 0.1) is 10.9 Å². The monoisotopic (exact) mass is 466 g/mol. The van der Waals surface area contributed by atoms with Crippen LogP contribution in [0.15, 0.2) is 59.3 Å². The molecule has 2 amide bonds. The molecule has 1 saturated carbocycles. The number of hydrogen-bond donors (Lipinski definition) is 0. The summed E-state index contributed by atoms with van der Waals surface area (Å²) in [5.74, 6) is 1.28. The van der Waals surface area contributed by atoms with Crippen LogP contribution in [0.3, 0.4) is 0 Å². The SMILES string of the molecule is O=C(c1cccs1)N(CC(=O)N1CCc2sccc2[C@@H]1COc1ccccc1)CC1CC1. The molecule has 0 bridgehead atoms. The smallest absolute Gasteiger partial charge is 0.264 e. The van der Waals surface area contributed by atoms with E-state index in [-0.39, 0.29) is 24.4 Å². The van der Waals surface area contributed by atoms with Gasteiger partial charge in [-0.3, -0.25) is 9.59 Å². The number of amides is 2. The first-order valence-electron chi connectivity index (χ1n) is 11.1. The van der Waals surface area contributed by atoms with Gasteiger partial charge in [-0.1, -0.05) is 24.3 Å². The summed E-state index contributed by atoms with van der Waals surface area (Å²) in [7, 11) is 0. The van der Waals surface area contributed by atoms with Gasteiger partial charge in [0.1, 0.15) is 18.9 Å². The second-order valence-electron chi connectivity index (χ2n) is 8.38. The summed E-state index contributed by atoms with van der Waals surface area (Å²) in [6, 6.07) is 15.4. The lowest BCUT2D eigenvalue weighted by Crippen LogP contribution is -2.48. The van der Waals surface area contributed by atoms with Crippen molar-refractivity contribution in [2.24, 2.45) is 5.92 Å². The van der Waals surface area contributed by atoms with Crippen LogP contribution >= 0.6 is 22.7 Å². The van der Waals surface area contributed by atoms with E-state index >= 15 is 0 Å². The number of fused-ring (bicyclic) bond motifs is 1. The molecule has 32 heavy (non-hydrogen) atoms. The number of rotatable bonds is 8. The topological polar surface area (TPSA) is 49.9 Å². The van der Waals surface area contributed by atoms with E-state index in [1.54, 1.807) is 16.2 Å². The number of ether oxygens (including phenoxy) is 1. The molecule has 166 valence electrons. The molecule has 0 radical (unpaired) electrons. The van der Waals surface area contributed by atoms with Gasteiger partial charge in [-0.25, -0.2) is 0 Å². The van der Waals surface area contributed by atoms with E-state index in [1.165, 1.54) is 21.8 Å². The van der Waals surface area contributed by atoms with Gasteiger partial charge in [-0.15, -0.1) is 22.7 Å². The predicted molar refractivity (Wildman–Crippen MR) is 127 cm³/mol. The zero-order valence-electron chi connectivity index (χ0n) is 17.8. The van der Waals surface area contributed by atoms with Crippen molar-refractivity contribution in [3.63, 3.8) is 0 Å². The number of hydrogen-bond acceptors (Lipinski definition) is 5. The van der Waals surface area contributed by atoms with Crippen LogP contribution in [0.2, 0.25) is 0 Å². The standard InChI is InChI=1S/C25H26N2O3S2/c28-24(16-26(15-18-8-9-18)25(29)23-7-4-13-31-23)27-12-10-22-20(11-14-32-22)21(27)17-30-19-5-2-1-3-6-19/h1-7,11,13-14,18,21H,8-10,12,15-17H2/t21-/m0/s1. The normalized spacial score (nSPS) is 17.6. The molecule has 0 saturated heterocycles. The molecule has 1 fully saturated rings. The Bertz CT molecular complexity index is 1060. The molecule has 1 atom stereocenters. The zero-order valence-corrected chi connectivity index (χ0v) is 19.4. The van der Waals surface area contributed by atoms with Crippen LogP contribution in [0.4, 0.5) is 0 Å². The van der Waals surface area contributed by atoms with E-state index in [0.717, 1.165) is 25.0 Å². The summed E-state index contributed by atoms with van der Waals surface area (Å²) < 4.78 is 6.07. The Morgan fingerprint density at radius 1 is 1.03 bits per heavy atom. The first-order valence-corrected chi connectivity index (χ1v) is 12.8. The Hall–Kier alpha value is -2.64. The third kappa shape index (κ3) is 4.74. The highest BCUT2D eigenvalue weighted by Crippen LogP contribution is 2.35. The van der Waals surface area contributed by atoms with Gasteiger partial charge in [0, 0.05) is 18.0 Å². The second kappa shape index (κ2) is 9.46. The predicted octanol–water partition coefficient (Wildman–Crippen LogP) is 4.87. The van der Waals surface area contributed by atoms with Crippen molar-refractivity contribution in [1.29, 1.82) is 0 Å². The van der Waals surface area contributed by atoms with Crippen molar-refractivity contribution in [3.05, 3.63) is 74.6 Å². The Morgan fingerprint density at radius 3 is 2.62 bits per heavy atom. The molecule has 7 heteroatoms. The maximum atomic E-state index is 13.5. The number of carbonyl (C=O) groups is 2. The van der Waals surface area contributed by atoms with Crippen LogP contribution in [-0.4, -0.2) is 47.9 Å². The van der Waals surface area contributed by atoms with Crippen molar-refractivity contribution in [2.75, 3.05) is 26.2 Å².